The molecule has 1 heterocycles. The highest BCUT2D eigenvalue weighted by atomic mass is 16.6. The van der Waals surface area contributed by atoms with E-state index in [1.165, 1.54) is 57.8 Å². The first-order chi connectivity index (χ1) is 10.2. The molecule has 0 amide bonds. The van der Waals surface area contributed by atoms with Gasteiger partial charge in [-0.2, -0.15) is 0 Å². The van der Waals surface area contributed by atoms with Gasteiger partial charge in [0.1, 0.15) is 0 Å². The lowest BCUT2D eigenvalue weighted by molar-refractivity contribution is -0.0127. The number of hydrogen-bond donors (Lipinski definition) is 1. The molecule has 2 saturated carbocycles. The number of aliphatic hydroxyl groups is 1. The lowest BCUT2D eigenvalue weighted by atomic mass is 9.55. The monoisotopic (exact) mass is 294 g/mol. The maximum atomic E-state index is 9.88. The minimum atomic E-state index is -0.0236. The molecule has 4 unspecified atom stereocenters. The average molecular weight is 294 g/mol. The van der Waals surface area contributed by atoms with Crippen LogP contribution in [0.2, 0.25) is 0 Å². The summed E-state index contributed by atoms with van der Waals surface area (Å²) >= 11 is 0. The number of epoxide rings is 1. The van der Waals surface area contributed by atoms with Gasteiger partial charge in [-0.25, -0.2) is 0 Å². The largest absolute Gasteiger partial charge is 0.393 e. The topological polar surface area (TPSA) is 32.8 Å². The molecule has 3 rings (SSSR count). The van der Waals surface area contributed by atoms with E-state index in [1.807, 2.05) is 0 Å². The van der Waals surface area contributed by atoms with Crippen LogP contribution in [0, 0.1) is 17.3 Å². The first kappa shape index (κ1) is 15.8. The zero-order valence-corrected chi connectivity index (χ0v) is 14.0. The van der Waals surface area contributed by atoms with Gasteiger partial charge in [-0.1, -0.05) is 26.7 Å². The van der Waals surface area contributed by atoms with Crippen molar-refractivity contribution in [2.75, 3.05) is 0 Å². The van der Waals surface area contributed by atoms with Gasteiger partial charge >= 0.3 is 0 Å². The van der Waals surface area contributed by atoms with Gasteiger partial charge in [0.05, 0.1) is 18.3 Å². The first-order valence-corrected chi connectivity index (χ1v) is 9.53. The van der Waals surface area contributed by atoms with Crippen LogP contribution in [0.15, 0.2) is 0 Å². The van der Waals surface area contributed by atoms with Crippen molar-refractivity contribution in [3.8, 4) is 0 Å². The smallest absolute Gasteiger partial charge is 0.0844 e. The van der Waals surface area contributed by atoms with Crippen molar-refractivity contribution in [2.24, 2.45) is 17.3 Å². The summed E-state index contributed by atoms with van der Waals surface area (Å²) in [4.78, 5) is 0. The van der Waals surface area contributed by atoms with Gasteiger partial charge < -0.3 is 9.84 Å². The van der Waals surface area contributed by atoms with E-state index in [2.05, 4.69) is 13.8 Å². The maximum Gasteiger partial charge on any atom is 0.0844 e. The van der Waals surface area contributed by atoms with Crippen molar-refractivity contribution in [1.82, 2.24) is 0 Å². The SMILES string of the molecule is CCCCC(CC)(C1CCC(O)CC1)C1CCC2OC2C1. The highest BCUT2D eigenvalue weighted by Gasteiger charge is 2.51. The van der Waals surface area contributed by atoms with E-state index in [4.69, 9.17) is 4.74 Å². The van der Waals surface area contributed by atoms with Crippen LogP contribution >= 0.6 is 0 Å². The minimum Gasteiger partial charge on any atom is -0.393 e. The summed E-state index contributed by atoms with van der Waals surface area (Å²) in [5, 5.41) is 9.88. The Balaban J connectivity index is 1.75. The molecule has 1 N–H and O–H groups in total. The van der Waals surface area contributed by atoms with Crippen molar-refractivity contribution < 1.29 is 9.84 Å². The predicted molar refractivity (Wildman–Crippen MR) is 86.2 cm³/mol. The van der Waals surface area contributed by atoms with Crippen LogP contribution < -0.4 is 0 Å². The van der Waals surface area contributed by atoms with Gasteiger partial charge in [-0.15, -0.1) is 0 Å². The van der Waals surface area contributed by atoms with E-state index in [0.717, 1.165) is 24.7 Å². The molecule has 0 spiro atoms. The van der Waals surface area contributed by atoms with Crippen molar-refractivity contribution in [1.29, 1.82) is 0 Å². The third kappa shape index (κ3) is 3.17. The average Bonchev–Trinajstić information content (AvgIpc) is 3.28. The van der Waals surface area contributed by atoms with E-state index < -0.39 is 0 Å². The van der Waals surface area contributed by atoms with Gasteiger partial charge in [0.15, 0.2) is 0 Å². The lowest BCUT2D eigenvalue weighted by Crippen LogP contribution is -2.42. The molecule has 0 bridgehead atoms. The number of hydrogen-bond acceptors (Lipinski definition) is 2. The molecular formula is C19H34O2. The molecule has 21 heavy (non-hydrogen) atoms. The second kappa shape index (κ2) is 6.58. The molecule has 1 aliphatic heterocycles. The quantitative estimate of drug-likeness (QED) is 0.721. The Kier molecular flexibility index (Phi) is 4.95. The van der Waals surface area contributed by atoms with Crippen molar-refractivity contribution in [3.63, 3.8) is 0 Å². The summed E-state index contributed by atoms with van der Waals surface area (Å²) in [6.07, 6.45) is 15.2. The number of ether oxygens (including phenoxy) is 1. The highest BCUT2D eigenvalue weighted by Crippen LogP contribution is 2.56. The molecular weight excluding hydrogens is 260 g/mol. The highest BCUT2D eigenvalue weighted by molar-refractivity contribution is 5.01. The summed E-state index contributed by atoms with van der Waals surface area (Å²) < 4.78 is 5.82. The number of rotatable bonds is 6. The third-order valence-corrected chi connectivity index (χ3v) is 6.98. The Morgan fingerprint density at radius 3 is 2.29 bits per heavy atom. The van der Waals surface area contributed by atoms with Crippen molar-refractivity contribution >= 4 is 0 Å². The molecule has 1 saturated heterocycles. The van der Waals surface area contributed by atoms with Crippen LogP contribution in [0.3, 0.4) is 0 Å². The first-order valence-electron chi connectivity index (χ1n) is 9.53. The number of aliphatic hydroxyl groups excluding tert-OH is 1. The summed E-state index contributed by atoms with van der Waals surface area (Å²) in [6, 6.07) is 0. The zero-order valence-electron chi connectivity index (χ0n) is 14.0. The van der Waals surface area contributed by atoms with Crippen molar-refractivity contribution in [3.05, 3.63) is 0 Å². The number of fused-ring (bicyclic) bond motifs is 1. The van der Waals surface area contributed by atoms with Gasteiger partial charge in [0.2, 0.25) is 0 Å². The molecule has 0 aromatic rings. The molecule has 2 heteroatoms. The Morgan fingerprint density at radius 2 is 1.67 bits per heavy atom. The Morgan fingerprint density at radius 1 is 0.952 bits per heavy atom. The second-order valence-electron chi connectivity index (χ2n) is 7.92. The molecule has 4 atom stereocenters. The standard InChI is InChI=1S/C19H34O2/c1-3-5-12-19(4-2,14-6-9-16(20)10-7-14)15-8-11-17-18(13-15)21-17/h14-18,20H,3-13H2,1-2H3. The van der Waals surface area contributed by atoms with Crippen LogP contribution in [-0.2, 0) is 4.74 Å². The van der Waals surface area contributed by atoms with Crippen LogP contribution in [0.4, 0.5) is 0 Å². The molecule has 0 radical (unpaired) electrons. The molecule has 3 fully saturated rings. The molecule has 122 valence electrons. The second-order valence-corrected chi connectivity index (χ2v) is 7.92. The fraction of sp³-hybridized carbons (Fsp3) is 1.00. The van der Waals surface area contributed by atoms with Gasteiger partial charge in [0, 0.05) is 0 Å². The van der Waals surface area contributed by atoms with Crippen LogP contribution in [0.1, 0.15) is 84.5 Å². The fourth-order valence-corrected chi connectivity index (χ4v) is 5.58. The summed E-state index contributed by atoms with van der Waals surface area (Å²) in [5.41, 5.74) is 0.535. The van der Waals surface area contributed by atoms with E-state index in [9.17, 15) is 5.11 Å². The summed E-state index contributed by atoms with van der Waals surface area (Å²) in [7, 11) is 0. The van der Waals surface area contributed by atoms with E-state index in [1.54, 1.807) is 0 Å². The molecule has 2 nitrogen and oxygen atoms in total. The third-order valence-electron chi connectivity index (χ3n) is 6.98. The summed E-state index contributed by atoms with van der Waals surface area (Å²) in [5.74, 6) is 1.72. The van der Waals surface area contributed by atoms with E-state index in [0.29, 0.717) is 17.6 Å². The molecule has 2 aliphatic carbocycles. The summed E-state index contributed by atoms with van der Waals surface area (Å²) in [6.45, 7) is 4.76. The fourth-order valence-electron chi connectivity index (χ4n) is 5.58. The molecule has 0 aromatic heterocycles. The van der Waals surface area contributed by atoms with E-state index in [-0.39, 0.29) is 6.10 Å². The minimum absolute atomic E-state index is 0.0236. The lowest BCUT2D eigenvalue weighted by Gasteiger charge is -2.49. The normalized spacial score (nSPS) is 42.1. The van der Waals surface area contributed by atoms with E-state index >= 15 is 0 Å². The molecule has 0 aromatic carbocycles. The van der Waals surface area contributed by atoms with Gasteiger partial charge in [0.25, 0.3) is 0 Å². The van der Waals surface area contributed by atoms with Crippen molar-refractivity contribution in [2.45, 2.75) is 103 Å². The predicted octanol–water partition coefficient (Wildman–Crippen LogP) is 4.69. The van der Waals surface area contributed by atoms with Crippen LogP contribution in [0.25, 0.3) is 0 Å². The van der Waals surface area contributed by atoms with Crippen LogP contribution in [0.5, 0.6) is 0 Å². The Labute approximate surface area is 130 Å². The van der Waals surface area contributed by atoms with Gasteiger partial charge in [-0.05, 0) is 75.0 Å². The zero-order chi connectivity index (χ0) is 14.9. The maximum absolute atomic E-state index is 9.88. The van der Waals surface area contributed by atoms with Gasteiger partial charge in [-0.3, -0.25) is 0 Å². The Bertz CT molecular complexity index is 334. The number of unbranched alkanes of at least 4 members (excludes halogenated alkanes) is 1. The molecule has 3 aliphatic rings. The van der Waals surface area contributed by atoms with Crippen LogP contribution in [-0.4, -0.2) is 23.4 Å². The Hall–Kier alpha value is -0.0800.